The highest BCUT2D eigenvalue weighted by atomic mass is 35.5. The number of fused-ring (bicyclic) bond motifs is 1. The van der Waals surface area contributed by atoms with Gasteiger partial charge in [0.25, 0.3) is 0 Å². The quantitative estimate of drug-likeness (QED) is 0.603. The van der Waals surface area contributed by atoms with Gasteiger partial charge in [0.2, 0.25) is 0 Å². The second-order valence-electron chi connectivity index (χ2n) is 5.57. The summed E-state index contributed by atoms with van der Waals surface area (Å²) in [5, 5.41) is 4.46. The smallest absolute Gasteiger partial charge is 0.156 e. The lowest BCUT2D eigenvalue weighted by molar-refractivity contribution is 0.415. The molecule has 0 aliphatic carbocycles. The highest BCUT2D eigenvalue weighted by molar-refractivity contribution is 6.37. The Morgan fingerprint density at radius 3 is 2.62 bits per heavy atom. The molecule has 0 spiro atoms. The Morgan fingerprint density at radius 2 is 1.92 bits per heavy atom. The van der Waals surface area contributed by atoms with Crippen molar-refractivity contribution in [2.75, 3.05) is 13.7 Å². The van der Waals surface area contributed by atoms with Gasteiger partial charge < -0.3 is 15.0 Å². The minimum atomic E-state index is 0.520. The lowest BCUT2D eigenvalue weighted by atomic mass is 10.2. The van der Waals surface area contributed by atoms with E-state index in [2.05, 4.69) is 15.3 Å². The predicted molar refractivity (Wildman–Crippen MR) is 99.1 cm³/mol. The molecule has 24 heavy (non-hydrogen) atoms. The summed E-state index contributed by atoms with van der Waals surface area (Å²) in [6.45, 7) is 1.60. The van der Waals surface area contributed by atoms with Gasteiger partial charge in [0, 0.05) is 13.0 Å². The second-order valence-corrected chi connectivity index (χ2v) is 6.39. The van der Waals surface area contributed by atoms with Crippen molar-refractivity contribution in [3.63, 3.8) is 0 Å². The average Bonchev–Trinajstić information content (AvgIpc) is 2.97. The number of nitrogens with one attached hydrogen (secondary N) is 2. The van der Waals surface area contributed by atoms with Crippen molar-refractivity contribution in [3.8, 4) is 5.75 Å². The standard InChI is InChI=1S/C18H19Cl2N3O/c1-24-18-13(19)9-12(10-14(18)20)11-21-8-4-7-17-22-15-5-2-3-6-16(15)23-17/h2-3,5-6,9-10,21H,4,7-8,11H2,1H3,(H,22,23). The van der Waals surface area contributed by atoms with Crippen LogP contribution < -0.4 is 10.1 Å². The molecule has 0 aliphatic rings. The van der Waals surface area contributed by atoms with Crippen molar-refractivity contribution in [1.82, 2.24) is 15.3 Å². The van der Waals surface area contributed by atoms with Crippen molar-refractivity contribution >= 4 is 34.2 Å². The molecule has 0 radical (unpaired) electrons. The number of para-hydroxylation sites is 2. The number of aromatic nitrogens is 2. The number of halogens is 2. The maximum absolute atomic E-state index is 6.14. The van der Waals surface area contributed by atoms with E-state index >= 15 is 0 Å². The number of methoxy groups -OCH3 is 1. The topological polar surface area (TPSA) is 49.9 Å². The van der Waals surface area contributed by atoms with Crippen LogP contribution >= 0.6 is 23.2 Å². The molecule has 1 heterocycles. The third kappa shape index (κ3) is 4.01. The molecule has 2 aromatic carbocycles. The molecule has 0 aliphatic heterocycles. The van der Waals surface area contributed by atoms with Crippen molar-refractivity contribution in [2.24, 2.45) is 0 Å². The largest absolute Gasteiger partial charge is 0.494 e. The first-order valence-electron chi connectivity index (χ1n) is 7.83. The Morgan fingerprint density at radius 1 is 1.17 bits per heavy atom. The van der Waals surface area contributed by atoms with Gasteiger partial charge >= 0.3 is 0 Å². The van der Waals surface area contributed by atoms with Crippen LogP contribution in [0.1, 0.15) is 17.8 Å². The fourth-order valence-electron chi connectivity index (χ4n) is 2.65. The van der Waals surface area contributed by atoms with E-state index in [9.17, 15) is 0 Å². The number of imidazole rings is 1. The predicted octanol–water partition coefficient (Wildman–Crippen LogP) is 4.60. The van der Waals surface area contributed by atoms with Gasteiger partial charge in [-0.15, -0.1) is 0 Å². The van der Waals surface area contributed by atoms with Gasteiger partial charge in [0.15, 0.2) is 5.75 Å². The van der Waals surface area contributed by atoms with Crippen LogP contribution in [0.2, 0.25) is 10.0 Å². The van der Waals surface area contributed by atoms with Crippen LogP contribution in [0.25, 0.3) is 11.0 Å². The van der Waals surface area contributed by atoms with Crippen molar-refractivity contribution in [1.29, 1.82) is 0 Å². The zero-order valence-electron chi connectivity index (χ0n) is 13.4. The SMILES string of the molecule is COc1c(Cl)cc(CNCCCc2nc3ccccc3[nH]2)cc1Cl. The molecule has 3 aromatic rings. The number of ether oxygens (including phenoxy) is 1. The van der Waals surface area contributed by atoms with Gasteiger partial charge in [-0.3, -0.25) is 0 Å². The number of hydrogen-bond donors (Lipinski definition) is 2. The zero-order chi connectivity index (χ0) is 16.9. The fourth-order valence-corrected chi connectivity index (χ4v) is 3.33. The molecule has 6 heteroatoms. The van der Waals surface area contributed by atoms with Gasteiger partial charge in [0.1, 0.15) is 5.82 Å². The van der Waals surface area contributed by atoms with Crippen LogP contribution in [-0.4, -0.2) is 23.6 Å². The molecule has 4 nitrogen and oxygen atoms in total. The van der Waals surface area contributed by atoms with E-state index in [-0.39, 0.29) is 0 Å². The van der Waals surface area contributed by atoms with E-state index in [1.54, 1.807) is 7.11 Å². The number of benzene rings is 2. The molecule has 0 amide bonds. The van der Waals surface area contributed by atoms with Gasteiger partial charge in [0.05, 0.1) is 28.2 Å². The Bertz CT molecular complexity index is 776. The molecule has 3 rings (SSSR count). The van der Waals surface area contributed by atoms with Crippen molar-refractivity contribution in [2.45, 2.75) is 19.4 Å². The molecule has 0 saturated heterocycles. The van der Waals surface area contributed by atoms with Crippen molar-refractivity contribution < 1.29 is 4.74 Å². The Balaban J connectivity index is 1.47. The minimum Gasteiger partial charge on any atom is -0.494 e. The van der Waals surface area contributed by atoms with Crippen LogP contribution in [0, 0.1) is 0 Å². The normalized spacial score (nSPS) is 11.1. The van der Waals surface area contributed by atoms with Gasteiger partial charge in [-0.2, -0.15) is 0 Å². The summed E-state index contributed by atoms with van der Waals surface area (Å²) >= 11 is 12.3. The van der Waals surface area contributed by atoms with Gasteiger partial charge in [-0.05, 0) is 42.8 Å². The second kappa shape index (κ2) is 7.88. The first-order chi connectivity index (χ1) is 11.7. The fraction of sp³-hybridized carbons (Fsp3) is 0.278. The maximum atomic E-state index is 6.14. The lowest BCUT2D eigenvalue weighted by Gasteiger charge is -2.09. The third-order valence-corrected chi connectivity index (χ3v) is 4.36. The average molecular weight is 364 g/mol. The van der Waals surface area contributed by atoms with Crippen LogP contribution in [0.5, 0.6) is 5.75 Å². The summed E-state index contributed by atoms with van der Waals surface area (Å²) in [6.07, 6.45) is 1.91. The van der Waals surface area contributed by atoms with Crippen LogP contribution in [0.4, 0.5) is 0 Å². The summed E-state index contributed by atoms with van der Waals surface area (Å²) in [5.74, 6) is 1.54. The van der Waals surface area contributed by atoms with Crippen LogP contribution in [-0.2, 0) is 13.0 Å². The van der Waals surface area contributed by atoms with E-state index < -0.39 is 0 Å². The van der Waals surface area contributed by atoms with E-state index in [1.807, 2.05) is 36.4 Å². The van der Waals surface area contributed by atoms with Crippen LogP contribution in [0.15, 0.2) is 36.4 Å². The molecule has 0 bridgehead atoms. The molecule has 0 unspecified atom stereocenters. The molecular formula is C18H19Cl2N3O. The molecule has 0 fully saturated rings. The van der Waals surface area contributed by atoms with E-state index in [0.717, 1.165) is 41.8 Å². The number of aromatic amines is 1. The summed E-state index contributed by atoms with van der Waals surface area (Å²) in [5.41, 5.74) is 3.14. The summed E-state index contributed by atoms with van der Waals surface area (Å²) in [7, 11) is 1.56. The Hall–Kier alpha value is -1.75. The first-order valence-corrected chi connectivity index (χ1v) is 8.59. The van der Waals surface area contributed by atoms with E-state index in [0.29, 0.717) is 22.3 Å². The van der Waals surface area contributed by atoms with Crippen molar-refractivity contribution in [3.05, 3.63) is 57.8 Å². The highest BCUT2D eigenvalue weighted by Crippen LogP contribution is 2.33. The number of nitrogens with zero attached hydrogens (tertiary/aromatic N) is 1. The Labute approximate surface area is 151 Å². The highest BCUT2D eigenvalue weighted by Gasteiger charge is 2.08. The summed E-state index contributed by atoms with van der Waals surface area (Å²) < 4.78 is 5.15. The molecule has 1 aromatic heterocycles. The molecule has 2 N–H and O–H groups in total. The van der Waals surface area contributed by atoms with E-state index in [1.165, 1.54) is 0 Å². The number of rotatable bonds is 7. The maximum Gasteiger partial charge on any atom is 0.156 e. The zero-order valence-corrected chi connectivity index (χ0v) is 14.9. The molecule has 126 valence electrons. The summed E-state index contributed by atoms with van der Waals surface area (Å²) in [4.78, 5) is 7.92. The summed E-state index contributed by atoms with van der Waals surface area (Å²) in [6, 6.07) is 11.8. The molecule has 0 saturated carbocycles. The van der Waals surface area contributed by atoms with E-state index in [4.69, 9.17) is 27.9 Å². The van der Waals surface area contributed by atoms with Gasteiger partial charge in [-0.25, -0.2) is 4.98 Å². The minimum absolute atomic E-state index is 0.520. The first kappa shape index (κ1) is 17.1. The van der Waals surface area contributed by atoms with Gasteiger partial charge in [-0.1, -0.05) is 35.3 Å². The lowest BCUT2D eigenvalue weighted by Crippen LogP contribution is -2.15. The molecule has 0 atom stereocenters. The van der Waals surface area contributed by atoms with Crippen LogP contribution in [0.3, 0.4) is 0 Å². The Kier molecular flexibility index (Phi) is 5.61. The monoisotopic (exact) mass is 363 g/mol. The number of H-pyrrole nitrogens is 1. The third-order valence-electron chi connectivity index (χ3n) is 3.80. The number of hydrogen-bond acceptors (Lipinski definition) is 3. The number of aryl methyl sites for hydroxylation is 1. The molecular weight excluding hydrogens is 345 g/mol.